The Kier molecular flexibility index (Phi) is 5.77. The lowest BCUT2D eigenvalue weighted by Crippen LogP contribution is -2.18. The summed E-state index contributed by atoms with van der Waals surface area (Å²) in [5.74, 6) is 0.133. The standard InChI is InChI=1S/C26H26FN5O/c1-3-19-5-4-14-32(22-10-8-21(27)9-11-22)30-24(19)12-6-20-7-13-25(26-23(20)15-29-33-26)31-16-18(2)28-17-31/h6-13,15-17,19H,3-5,14H2,1-2H3/b12-6+. The first kappa shape index (κ1) is 21.1. The molecule has 1 aliphatic rings. The van der Waals surface area contributed by atoms with Crippen LogP contribution in [-0.2, 0) is 0 Å². The number of fused-ring (bicyclic) bond motifs is 1. The third-order valence-corrected chi connectivity index (χ3v) is 6.15. The molecule has 0 saturated heterocycles. The van der Waals surface area contributed by atoms with Gasteiger partial charge in [0.05, 0.1) is 40.7 Å². The SMILES string of the molecule is CCC1CCCN(c2ccc(F)cc2)N=C1/C=C/c1ccc(-n2cnc(C)c2)c2oncc12. The van der Waals surface area contributed by atoms with E-state index in [9.17, 15) is 4.39 Å². The zero-order valence-electron chi connectivity index (χ0n) is 18.8. The predicted molar refractivity (Wildman–Crippen MR) is 129 cm³/mol. The van der Waals surface area contributed by atoms with Gasteiger partial charge >= 0.3 is 0 Å². The first-order valence-electron chi connectivity index (χ1n) is 11.3. The van der Waals surface area contributed by atoms with Gasteiger partial charge < -0.3 is 9.09 Å². The molecule has 0 radical (unpaired) electrons. The van der Waals surface area contributed by atoms with Crippen LogP contribution in [0.4, 0.5) is 10.1 Å². The zero-order chi connectivity index (χ0) is 22.8. The molecule has 1 aliphatic heterocycles. The summed E-state index contributed by atoms with van der Waals surface area (Å²) >= 11 is 0. The Balaban J connectivity index is 1.49. The highest BCUT2D eigenvalue weighted by Gasteiger charge is 2.19. The van der Waals surface area contributed by atoms with Crippen LogP contribution in [0, 0.1) is 18.7 Å². The van der Waals surface area contributed by atoms with E-state index in [1.54, 1.807) is 24.7 Å². The van der Waals surface area contributed by atoms with E-state index in [-0.39, 0.29) is 5.82 Å². The molecule has 0 aliphatic carbocycles. The number of benzene rings is 2. The van der Waals surface area contributed by atoms with Crippen LogP contribution in [0.5, 0.6) is 0 Å². The maximum atomic E-state index is 13.4. The molecule has 5 rings (SSSR count). The van der Waals surface area contributed by atoms with E-state index in [1.807, 2.05) is 28.8 Å². The Labute approximate surface area is 192 Å². The van der Waals surface area contributed by atoms with Crippen LogP contribution >= 0.6 is 0 Å². The van der Waals surface area contributed by atoms with Gasteiger partial charge in [-0.3, -0.25) is 5.01 Å². The van der Waals surface area contributed by atoms with Gasteiger partial charge in [-0.25, -0.2) is 9.37 Å². The quantitative estimate of drug-likeness (QED) is 0.371. The fourth-order valence-electron chi connectivity index (χ4n) is 4.33. The third kappa shape index (κ3) is 4.31. The summed E-state index contributed by atoms with van der Waals surface area (Å²) in [4.78, 5) is 4.31. The number of allylic oxidation sites excluding steroid dienone is 1. The van der Waals surface area contributed by atoms with Crippen LogP contribution in [0.1, 0.15) is 37.4 Å². The highest BCUT2D eigenvalue weighted by atomic mass is 19.1. The van der Waals surface area contributed by atoms with Gasteiger partial charge in [0.2, 0.25) is 0 Å². The van der Waals surface area contributed by atoms with Crippen molar-refractivity contribution in [2.24, 2.45) is 11.0 Å². The average molecular weight is 444 g/mol. The van der Waals surface area contributed by atoms with Crippen molar-refractivity contribution < 1.29 is 8.91 Å². The summed E-state index contributed by atoms with van der Waals surface area (Å²) in [5.41, 5.74) is 5.51. The summed E-state index contributed by atoms with van der Waals surface area (Å²) in [6, 6.07) is 10.6. The van der Waals surface area contributed by atoms with E-state index in [0.717, 1.165) is 65.1 Å². The fraction of sp³-hybridized carbons (Fsp3) is 0.269. The second-order valence-corrected chi connectivity index (χ2v) is 8.37. The van der Waals surface area contributed by atoms with Crippen LogP contribution in [0.2, 0.25) is 0 Å². The summed E-state index contributed by atoms with van der Waals surface area (Å²) in [7, 11) is 0. The highest BCUT2D eigenvalue weighted by Crippen LogP contribution is 2.28. The van der Waals surface area contributed by atoms with Crippen molar-refractivity contribution in [1.82, 2.24) is 14.7 Å². The van der Waals surface area contributed by atoms with E-state index in [2.05, 4.69) is 35.3 Å². The molecule has 0 bridgehead atoms. The molecule has 0 fully saturated rings. The zero-order valence-corrected chi connectivity index (χ0v) is 18.8. The Morgan fingerprint density at radius 2 is 2.00 bits per heavy atom. The molecular weight excluding hydrogens is 417 g/mol. The molecule has 1 atom stereocenters. The third-order valence-electron chi connectivity index (χ3n) is 6.15. The molecule has 2 aromatic carbocycles. The Hall–Kier alpha value is -3.74. The van der Waals surface area contributed by atoms with Crippen molar-refractivity contribution >= 4 is 28.4 Å². The summed E-state index contributed by atoms with van der Waals surface area (Å²) in [5, 5.41) is 11.9. The fourth-order valence-corrected chi connectivity index (χ4v) is 4.33. The molecule has 33 heavy (non-hydrogen) atoms. The van der Waals surface area contributed by atoms with Crippen molar-refractivity contribution in [1.29, 1.82) is 0 Å². The molecule has 7 heteroatoms. The van der Waals surface area contributed by atoms with Gasteiger partial charge in [-0.1, -0.05) is 24.2 Å². The molecule has 0 spiro atoms. The number of hydrogen-bond acceptors (Lipinski definition) is 5. The number of anilines is 1. The Bertz CT molecular complexity index is 1320. The van der Waals surface area contributed by atoms with Crippen molar-refractivity contribution in [3.8, 4) is 5.69 Å². The number of aryl methyl sites for hydroxylation is 1. The maximum absolute atomic E-state index is 13.4. The van der Waals surface area contributed by atoms with Crippen LogP contribution in [0.15, 0.2) is 70.8 Å². The number of rotatable bonds is 5. The lowest BCUT2D eigenvalue weighted by molar-refractivity contribution is 0.455. The predicted octanol–water partition coefficient (Wildman–Crippen LogP) is 6.16. The minimum Gasteiger partial charge on any atom is -0.354 e. The molecule has 0 saturated carbocycles. The summed E-state index contributed by atoms with van der Waals surface area (Å²) < 4.78 is 20.9. The number of halogens is 1. The molecule has 2 aromatic heterocycles. The minimum atomic E-state index is -0.240. The summed E-state index contributed by atoms with van der Waals surface area (Å²) in [6.45, 7) is 4.97. The molecule has 0 amide bonds. The van der Waals surface area contributed by atoms with Gasteiger partial charge in [-0.2, -0.15) is 5.10 Å². The van der Waals surface area contributed by atoms with E-state index in [0.29, 0.717) is 5.92 Å². The number of nitrogens with zero attached hydrogens (tertiary/aromatic N) is 5. The van der Waals surface area contributed by atoms with Crippen LogP contribution in [0.3, 0.4) is 0 Å². The Morgan fingerprint density at radius 1 is 1.15 bits per heavy atom. The monoisotopic (exact) mass is 443 g/mol. The molecular formula is C26H26FN5O. The lowest BCUT2D eigenvalue weighted by Gasteiger charge is -2.18. The van der Waals surface area contributed by atoms with E-state index in [1.165, 1.54) is 12.1 Å². The number of aromatic nitrogens is 3. The number of hydrazone groups is 1. The van der Waals surface area contributed by atoms with E-state index >= 15 is 0 Å². The number of hydrogen-bond donors (Lipinski definition) is 0. The summed E-state index contributed by atoms with van der Waals surface area (Å²) in [6.07, 6.45) is 12.8. The highest BCUT2D eigenvalue weighted by molar-refractivity contribution is 6.02. The van der Waals surface area contributed by atoms with E-state index < -0.39 is 0 Å². The molecule has 6 nitrogen and oxygen atoms in total. The van der Waals surface area contributed by atoms with Crippen molar-refractivity contribution in [3.05, 3.63) is 78.3 Å². The maximum Gasteiger partial charge on any atom is 0.191 e. The second-order valence-electron chi connectivity index (χ2n) is 8.37. The smallest absolute Gasteiger partial charge is 0.191 e. The van der Waals surface area contributed by atoms with Gasteiger partial charge in [-0.05, 0) is 68.2 Å². The first-order chi connectivity index (χ1) is 16.1. The lowest BCUT2D eigenvalue weighted by atomic mass is 9.94. The minimum absolute atomic E-state index is 0.240. The van der Waals surface area contributed by atoms with Crippen LogP contribution in [-0.4, -0.2) is 27.0 Å². The topological polar surface area (TPSA) is 59.5 Å². The molecule has 0 N–H and O–H groups in total. The number of imidazole rings is 1. The van der Waals surface area contributed by atoms with Crippen LogP contribution < -0.4 is 5.01 Å². The molecule has 168 valence electrons. The normalized spacial score (nSPS) is 17.0. The van der Waals surface area contributed by atoms with Gasteiger partial charge in [0, 0.05) is 18.7 Å². The molecule has 3 heterocycles. The van der Waals surface area contributed by atoms with Crippen molar-refractivity contribution in [2.45, 2.75) is 33.1 Å². The van der Waals surface area contributed by atoms with Gasteiger partial charge in [0.1, 0.15) is 5.82 Å². The van der Waals surface area contributed by atoms with Crippen LogP contribution in [0.25, 0.3) is 22.7 Å². The second kappa shape index (κ2) is 9.02. The van der Waals surface area contributed by atoms with Gasteiger partial charge in [0.15, 0.2) is 5.58 Å². The first-order valence-corrected chi connectivity index (χ1v) is 11.3. The molecule has 4 aromatic rings. The van der Waals surface area contributed by atoms with E-state index in [4.69, 9.17) is 9.62 Å². The Morgan fingerprint density at radius 3 is 2.76 bits per heavy atom. The van der Waals surface area contributed by atoms with Crippen molar-refractivity contribution in [2.75, 3.05) is 11.6 Å². The molecule has 1 unspecified atom stereocenters. The van der Waals surface area contributed by atoms with Crippen molar-refractivity contribution in [3.63, 3.8) is 0 Å². The largest absolute Gasteiger partial charge is 0.354 e. The average Bonchev–Trinajstić information content (AvgIpc) is 3.43. The van der Waals surface area contributed by atoms with Gasteiger partial charge in [0.25, 0.3) is 0 Å². The van der Waals surface area contributed by atoms with Gasteiger partial charge in [-0.15, -0.1) is 0 Å².